The van der Waals surface area contributed by atoms with Crippen molar-refractivity contribution in [2.45, 2.75) is 19.4 Å². The maximum absolute atomic E-state index is 12.2. The van der Waals surface area contributed by atoms with Crippen LogP contribution in [0.3, 0.4) is 0 Å². The first kappa shape index (κ1) is 16.6. The first-order valence-electron chi connectivity index (χ1n) is 8.51. The Kier molecular flexibility index (Phi) is 4.58. The smallest absolute Gasteiger partial charge is 0.239 e. The van der Waals surface area contributed by atoms with Crippen LogP contribution in [0.1, 0.15) is 12.2 Å². The molecule has 26 heavy (non-hydrogen) atoms. The second-order valence-electron chi connectivity index (χ2n) is 6.11. The number of hydrogen-bond donors (Lipinski definition) is 1. The van der Waals surface area contributed by atoms with E-state index in [-0.39, 0.29) is 12.5 Å². The van der Waals surface area contributed by atoms with Crippen LogP contribution < -0.4 is 5.32 Å². The molecule has 0 saturated carbocycles. The third-order valence-electron chi connectivity index (χ3n) is 4.36. The zero-order valence-corrected chi connectivity index (χ0v) is 14.9. The molecule has 0 saturated heterocycles. The normalized spacial score (nSPS) is 11.3. The Hall–Kier alpha value is -2.86. The fourth-order valence-electron chi connectivity index (χ4n) is 3.07. The van der Waals surface area contributed by atoms with Crippen molar-refractivity contribution in [3.05, 3.63) is 65.7 Å². The molecule has 7 heteroatoms. The average Bonchev–Trinajstić information content (AvgIpc) is 3.24. The number of benzene rings is 1. The molecular weight excluding hydrogens is 350 g/mol. The number of carbonyl (C=O) groups excluding carboxylic acids is 1. The summed E-state index contributed by atoms with van der Waals surface area (Å²) in [5.74, 6) is 0.884. The number of amides is 1. The Morgan fingerprint density at radius 3 is 2.92 bits per heavy atom. The lowest BCUT2D eigenvalue weighted by Crippen LogP contribution is -2.28. The van der Waals surface area contributed by atoms with Crippen LogP contribution in [-0.4, -0.2) is 31.6 Å². The highest BCUT2D eigenvalue weighted by molar-refractivity contribution is 6.35. The molecule has 3 heterocycles. The third kappa shape index (κ3) is 3.28. The second kappa shape index (κ2) is 7.17. The standard InChI is InChI=1S/C19H18ClN5O/c20-15-5-3-6-16-14(15)9-12-24(16)13-19(26)21-10-4-8-18-23-22-17-7-1-2-11-25(17)18/h1-3,5-7,9,11-12H,4,8,10,13H2,(H,21,26). The van der Waals surface area contributed by atoms with Crippen molar-refractivity contribution in [3.63, 3.8) is 0 Å². The number of hydrogen-bond acceptors (Lipinski definition) is 3. The van der Waals surface area contributed by atoms with Gasteiger partial charge in [-0.2, -0.15) is 0 Å². The fraction of sp³-hybridized carbons (Fsp3) is 0.211. The van der Waals surface area contributed by atoms with Crippen LogP contribution in [0.25, 0.3) is 16.6 Å². The number of aromatic nitrogens is 4. The predicted octanol–water partition coefficient (Wildman–Crippen LogP) is 3.09. The molecule has 1 amide bonds. The maximum Gasteiger partial charge on any atom is 0.239 e. The Labute approximate surface area is 155 Å². The zero-order valence-electron chi connectivity index (χ0n) is 14.1. The monoisotopic (exact) mass is 367 g/mol. The topological polar surface area (TPSA) is 64.2 Å². The number of pyridine rings is 1. The van der Waals surface area contributed by atoms with Gasteiger partial charge >= 0.3 is 0 Å². The van der Waals surface area contributed by atoms with Gasteiger partial charge < -0.3 is 9.88 Å². The van der Waals surface area contributed by atoms with Gasteiger partial charge in [-0.3, -0.25) is 9.20 Å². The van der Waals surface area contributed by atoms with Crippen LogP contribution in [0.4, 0.5) is 0 Å². The second-order valence-corrected chi connectivity index (χ2v) is 6.52. The van der Waals surface area contributed by atoms with Gasteiger partial charge in [0.1, 0.15) is 12.4 Å². The van der Waals surface area contributed by atoms with E-state index < -0.39 is 0 Å². The summed E-state index contributed by atoms with van der Waals surface area (Å²) in [6, 6.07) is 13.4. The van der Waals surface area contributed by atoms with Gasteiger partial charge in [0.05, 0.1) is 0 Å². The number of nitrogens with zero attached hydrogens (tertiary/aromatic N) is 4. The van der Waals surface area contributed by atoms with E-state index in [0.717, 1.165) is 35.2 Å². The summed E-state index contributed by atoms with van der Waals surface area (Å²) in [4.78, 5) is 12.2. The average molecular weight is 368 g/mol. The van der Waals surface area contributed by atoms with Crippen molar-refractivity contribution < 1.29 is 4.79 Å². The van der Waals surface area contributed by atoms with E-state index in [1.807, 2.05) is 63.8 Å². The largest absolute Gasteiger partial charge is 0.355 e. The Balaban J connectivity index is 1.31. The van der Waals surface area contributed by atoms with Crippen molar-refractivity contribution in [3.8, 4) is 0 Å². The number of carbonyl (C=O) groups is 1. The van der Waals surface area contributed by atoms with Gasteiger partial charge in [-0.1, -0.05) is 23.7 Å². The molecule has 0 spiro atoms. The number of halogens is 1. The summed E-state index contributed by atoms with van der Waals surface area (Å²) in [6.45, 7) is 0.873. The van der Waals surface area contributed by atoms with Crippen LogP contribution in [0.15, 0.2) is 54.9 Å². The molecule has 1 aromatic carbocycles. The van der Waals surface area contributed by atoms with Crippen molar-refractivity contribution in [2.75, 3.05) is 6.54 Å². The Bertz CT molecular complexity index is 1070. The van der Waals surface area contributed by atoms with Gasteiger partial charge in [0.2, 0.25) is 5.91 Å². The summed E-state index contributed by atoms with van der Waals surface area (Å²) >= 11 is 6.17. The minimum atomic E-state index is -0.0198. The van der Waals surface area contributed by atoms with Gasteiger partial charge in [0, 0.05) is 41.3 Å². The van der Waals surface area contributed by atoms with Gasteiger partial charge in [-0.05, 0) is 36.8 Å². The lowest BCUT2D eigenvalue weighted by atomic mass is 10.2. The molecule has 0 atom stereocenters. The summed E-state index contributed by atoms with van der Waals surface area (Å²) in [6.07, 6.45) is 5.40. The molecule has 132 valence electrons. The highest BCUT2D eigenvalue weighted by atomic mass is 35.5. The highest BCUT2D eigenvalue weighted by Crippen LogP contribution is 2.24. The molecule has 0 radical (unpaired) electrons. The Morgan fingerprint density at radius 2 is 2.00 bits per heavy atom. The summed E-state index contributed by atoms with van der Waals surface area (Å²) in [5, 5.41) is 12.9. The van der Waals surface area contributed by atoms with Crippen LogP contribution in [0, 0.1) is 0 Å². The summed E-state index contributed by atoms with van der Waals surface area (Å²) in [7, 11) is 0. The van der Waals surface area contributed by atoms with Crippen LogP contribution in [0.5, 0.6) is 0 Å². The van der Waals surface area contributed by atoms with Crippen LogP contribution in [0.2, 0.25) is 5.02 Å². The Morgan fingerprint density at radius 1 is 1.08 bits per heavy atom. The van der Waals surface area contributed by atoms with E-state index in [1.54, 1.807) is 0 Å². The maximum atomic E-state index is 12.2. The highest BCUT2D eigenvalue weighted by Gasteiger charge is 2.08. The molecule has 0 fully saturated rings. The van der Waals surface area contributed by atoms with Gasteiger partial charge in [0.15, 0.2) is 5.65 Å². The first-order chi connectivity index (χ1) is 12.7. The molecule has 0 unspecified atom stereocenters. The molecule has 0 aliphatic heterocycles. The molecule has 0 bridgehead atoms. The van der Waals surface area contributed by atoms with E-state index in [4.69, 9.17) is 11.6 Å². The molecule has 4 aromatic rings. The quantitative estimate of drug-likeness (QED) is 0.533. The fourth-order valence-corrected chi connectivity index (χ4v) is 3.30. The molecule has 4 rings (SSSR count). The lowest BCUT2D eigenvalue weighted by molar-refractivity contribution is -0.121. The number of rotatable bonds is 6. The number of nitrogens with one attached hydrogen (secondary N) is 1. The van der Waals surface area contributed by atoms with E-state index in [2.05, 4.69) is 15.5 Å². The third-order valence-corrected chi connectivity index (χ3v) is 4.69. The summed E-state index contributed by atoms with van der Waals surface area (Å²) < 4.78 is 3.88. The SMILES string of the molecule is O=C(Cn1ccc2c(Cl)cccc21)NCCCc1nnc2ccccn12. The van der Waals surface area contributed by atoms with E-state index >= 15 is 0 Å². The van der Waals surface area contributed by atoms with Crippen molar-refractivity contribution >= 4 is 34.1 Å². The lowest BCUT2D eigenvalue weighted by Gasteiger charge is -2.07. The predicted molar refractivity (Wildman–Crippen MR) is 101 cm³/mol. The van der Waals surface area contributed by atoms with E-state index in [1.165, 1.54) is 0 Å². The molecule has 0 aliphatic rings. The zero-order chi connectivity index (χ0) is 17.9. The van der Waals surface area contributed by atoms with E-state index in [9.17, 15) is 4.79 Å². The molecule has 6 nitrogen and oxygen atoms in total. The van der Waals surface area contributed by atoms with Crippen LogP contribution >= 0.6 is 11.6 Å². The van der Waals surface area contributed by atoms with Gasteiger partial charge in [-0.25, -0.2) is 0 Å². The molecule has 0 aliphatic carbocycles. The number of aryl methyl sites for hydroxylation is 1. The summed E-state index contributed by atoms with van der Waals surface area (Å²) in [5.41, 5.74) is 1.80. The van der Waals surface area contributed by atoms with Gasteiger partial charge in [-0.15, -0.1) is 10.2 Å². The van der Waals surface area contributed by atoms with Crippen molar-refractivity contribution in [1.29, 1.82) is 0 Å². The minimum Gasteiger partial charge on any atom is -0.355 e. The molecular formula is C19H18ClN5O. The minimum absolute atomic E-state index is 0.0198. The molecule has 1 N–H and O–H groups in total. The van der Waals surface area contributed by atoms with E-state index in [0.29, 0.717) is 11.6 Å². The number of fused-ring (bicyclic) bond motifs is 2. The van der Waals surface area contributed by atoms with Crippen molar-refractivity contribution in [2.24, 2.45) is 0 Å². The first-order valence-corrected chi connectivity index (χ1v) is 8.89. The van der Waals surface area contributed by atoms with Crippen molar-refractivity contribution in [1.82, 2.24) is 24.5 Å². The molecule has 3 aromatic heterocycles. The van der Waals surface area contributed by atoms with Crippen LogP contribution in [-0.2, 0) is 17.8 Å². The van der Waals surface area contributed by atoms with Gasteiger partial charge in [0.25, 0.3) is 0 Å².